The SMILES string of the molecule is CCNC(=NCc1cccc(N(C)C)n1)NCc1cc(C(C)C)no1.I. The van der Waals surface area contributed by atoms with Gasteiger partial charge in [-0.1, -0.05) is 25.1 Å². The summed E-state index contributed by atoms with van der Waals surface area (Å²) >= 11 is 0. The van der Waals surface area contributed by atoms with Crippen molar-refractivity contribution in [3.63, 3.8) is 0 Å². The molecule has 0 radical (unpaired) electrons. The minimum atomic E-state index is 0. The summed E-state index contributed by atoms with van der Waals surface area (Å²) in [5.41, 5.74) is 1.88. The molecule has 26 heavy (non-hydrogen) atoms. The van der Waals surface area contributed by atoms with Gasteiger partial charge in [-0.2, -0.15) is 0 Å². The van der Waals surface area contributed by atoms with Crippen LogP contribution in [0.4, 0.5) is 5.82 Å². The minimum absolute atomic E-state index is 0. The number of rotatable bonds is 7. The first kappa shape index (κ1) is 22.2. The van der Waals surface area contributed by atoms with Crippen LogP contribution in [0.15, 0.2) is 33.8 Å². The smallest absolute Gasteiger partial charge is 0.192 e. The Hall–Kier alpha value is -1.84. The maximum atomic E-state index is 5.35. The zero-order valence-corrected chi connectivity index (χ0v) is 18.4. The molecule has 2 N–H and O–H groups in total. The van der Waals surface area contributed by atoms with E-state index in [0.29, 0.717) is 19.0 Å². The number of nitrogens with one attached hydrogen (secondary N) is 2. The molecule has 0 bridgehead atoms. The molecule has 0 atom stereocenters. The summed E-state index contributed by atoms with van der Waals surface area (Å²) < 4.78 is 5.35. The van der Waals surface area contributed by atoms with E-state index in [0.717, 1.165) is 35.5 Å². The lowest BCUT2D eigenvalue weighted by atomic mass is 10.1. The van der Waals surface area contributed by atoms with Crippen LogP contribution in [-0.2, 0) is 13.1 Å². The van der Waals surface area contributed by atoms with E-state index in [2.05, 4.69) is 39.6 Å². The first-order valence-corrected chi connectivity index (χ1v) is 8.60. The van der Waals surface area contributed by atoms with E-state index in [9.17, 15) is 0 Å². The molecule has 0 aliphatic heterocycles. The van der Waals surface area contributed by atoms with Crippen LogP contribution < -0.4 is 15.5 Å². The van der Waals surface area contributed by atoms with Crippen molar-refractivity contribution in [2.75, 3.05) is 25.5 Å². The van der Waals surface area contributed by atoms with Crippen molar-refractivity contribution in [1.82, 2.24) is 20.8 Å². The Kier molecular flexibility index (Phi) is 9.39. The van der Waals surface area contributed by atoms with Gasteiger partial charge in [0.2, 0.25) is 0 Å². The summed E-state index contributed by atoms with van der Waals surface area (Å²) in [4.78, 5) is 11.2. The molecule has 2 rings (SSSR count). The Bertz CT molecular complexity index is 698. The second kappa shape index (κ2) is 11.0. The molecule has 0 aliphatic carbocycles. The number of halogens is 1. The number of pyridine rings is 1. The summed E-state index contributed by atoms with van der Waals surface area (Å²) in [6, 6.07) is 7.93. The van der Waals surface area contributed by atoms with Crippen LogP contribution in [-0.4, -0.2) is 36.7 Å². The summed E-state index contributed by atoms with van der Waals surface area (Å²) in [5.74, 6) is 2.80. The van der Waals surface area contributed by atoms with Gasteiger partial charge in [-0.3, -0.25) is 0 Å². The first-order valence-electron chi connectivity index (χ1n) is 8.60. The van der Waals surface area contributed by atoms with Crippen molar-refractivity contribution >= 4 is 35.8 Å². The highest BCUT2D eigenvalue weighted by molar-refractivity contribution is 14.0. The number of aliphatic imine (C=N–C) groups is 1. The molecular formula is C18H29IN6O. The number of nitrogens with zero attached hydrogens (tertiary/aromatic N) is 4. The van der Waals surface area contributed by atoms with Gasteiger partial charge in [0.05, 0.1) is 24.5 Å². The van der Waals surface area contributed by atoms with Gasteiger partial charge in [0.15, 0.2) is 11.7 Å². The summed E-state index contributed by atoms with van der Waals surface area (Å²) in [6.07, 6.45) is 0. The second-order valence-electron chi connectivity index (χ2n) is 6.30. The molecular weight excluding hydrogens is 443 g/mol. The molecule has 2 heterocycles. The third kappa shape index (κ3) is 6.81. The lowest BCUT2D eigenvalue weighted by Crippen LogP contribution is -2.36. The molecule has 0 aliphatic rings. The second-order valence-corrected chi connectivity index (χ2v) is 6.30. The van der Waals surface area contributed by atoms with Crippen LogP contribution in [0.5, 0.6) is 0 Å². The summed E-state index contributed by atoms with van der Waals surface area (Å²) in [7, 11) is 3.95. The van der Waals surface area contributed by atoms with Crippen molar-refractivity contribution in [3.05, 3.63) is 41.4 Å². The standard InChI is InChI=1S/C18H28N6O.HI/c1-6-19-18(21-12-15-10-16(13(2)3)23-25-15)20-11-14-8-7-9-17(22-14)24(4)5;/h7-10,13H,6,11-12H2,1-5H3,(H2,19,20,21);1H. The van der Waals surface area contributed by atoms with E-state index in [1.165, 1.54) is 0 Å². The highest BCUT2D eigenvalue weighted by atomic mass is 127. The van der Waals surface area contributed by atoms with Gasteiger partial charge in [-0.25, -0.2) is 9.98 Å². The average Bonchev–Trinajstić information content (AvgIpc) is 3.07. The number of anilines is 1. The highest BCUT2D eigenvalue weighted by Crippen LogP contribution is 2.13. The molecule has 144 valence electrons. The molecule has 0 spiro atoms. The Labute approximate surface area is 172 Å². The normalized spacial score (nSPS) is 11.2. The van der Waals surface area contributed by atoms with Gasteiger partial charge >= 0.3 is 0 Å². The van der Waals surface area contributed by atoms with Crippen LogP contribution in [0.2, 0.25) is 0 Å². The monoisotopic (exact) mass is 472 g/mol. The predicted molar refractivity (Wildman–Crippen MR) is 116 cm³/mol. The predicted octanol–water partition coefficient (Wildman–Crippen LogP) is 3.13. The third-order valence-corrected chi connectivity index (χ3v) is 3.59. The molecule has 0 amide bonds. The fourth-order valence-electron chi connectivity index (χ4n) is 2.16. The number of hydrogen-bond acceptors (Lipinski definition) is 5. The maximum Gasteiger partial charge on any atom is 0.192 e. The molecule has 0 aromatic carbocycles. The van der Waals surface area contributed by atoms with Gasteiger partial charge in [-0.05, 0) is 25.0 Å². The van der Waals surface area contributed by atoms with E-state index < -0.39 is 0 Å². The number of guanidine groups is 1. The summed E-state index contributed by atoms with van der Waals surface area (Å²) in [5, 5.41) is 10.6. The lowest BCUT2D eigenvalue weighted by molar-refractivity contribution is 0.372. The van der Waals surface area contributed by atoms with E-state index in [-0.39, 0.29) is 24.0 Å². The van der Waals surface area contributed by atoms with E-state index >= 15 is 0 Å². The molecule has 7 nitrogen and oxygen atoms in total. The van der Waals surface area contributed by atoms with Crippen LogP contribution in [0.25, 0.3) is 0 Å². The van der Waals surface area contributed by atoms with E-state index in [1.807, 2.05) is 50.2 Å². The molecule has 2 aromatic heterocycles. The van der Waals surface area contributed by atoms with Gasteiger partial charge in [0.25, 0.3) is 0 Å². The van der Waals surface area contributed by atoms with Gasteiger partial charge in [0.1, 0.15) is 5.82 Å². The van der Waals surface area contributed by atoms with Crippen molar-refractivity contribution in [2.45, 2.75) is 39.8 Å². The van der Waals surface area contributed by atoms with Gasteiger partial charge < -0.3 is 20.1 Å². The third-order valence-electron chi connectivity index (χ3n) is 3.59. The van der Waals surface area contributed by atoms with Gasteiger partial charge in [0, 0.05) is 26.7 Å². The summed E-state index contributed by atoms with van der Waals surface area (Å²) in [6.45, 7) is 8.05. The average molecular weight is 472 g/mol. The Balaban J connectivity index is 0.00000338. The van der Waals surface area contributed by atoms with Crippen molar-refractivity contribution in [1.29, 1.82) is 0 Å². The molecule has 0 saturated carbocycles. The fraction of sp³-hybridized carbons (Fsp3) is 0.500. The number of aromatic nitrogens is 2. The zero-order valence-electron chi connectivity index (χ0n) is 16.1. The molecule has 0 saturated heterocycles. The van der Waals surface area contributed by atoms with E-state index in [1.54, 1.807) is 0 Å². The lowest BCUT2D eigenvalue weighted by Gasteiger charge is -2.12. The maximum absolute atomic E-state index is 5.35. The van der Waals surface area contributed by atoms with Crippen molar-refractivity contribution in [2.24, 2.45) is 4.99 Å². The fourth-order valence-corrected chi connectivity index (χ4v) is 2.16. The molecule has 0 unspecified atom stereocenters. The van der Waals surface area contributed by atoms with Crippen molar-refractivity contribution < 1.29 is 4.52 Å². The first-order chi connectivity index (χ1) is 12.0. The molecule has 8 heteroatoms. The Morgan fingerprint density at radius 1 is 1.27 bits per heavy atom. The van der Waals surface area contributed by atoms with Crippen molar-refractivity contribution in [3.8, 4) is 0 Å². The quantitative estimate of drug-likeness (QED) is 0.366. The van der Waals surface area contributed by atoms with Gasteiger partial charge in [-0.15, -0.1) is 24.0 Å². The molecule has 0 fully saturated rings. The van der Waals surface area contributed by atoms with Crippen LogP contribution in [0.1, 0.15) is 43.8 Å². The minimum Gasteiger partial charge on any atom is -0.363 e. The number of hydrogen-bond donors (Lipinski definition) is 2. The highest BCUT2D eigenvalue weighted by Gasteiger charge is 2.08. The topological polar surface area (TPSA) is 78.6 Å². The zero-order chi connectivity index (χ0) is 18.2. The van der Waals surface area contributed by atoms with Crippen LogP contribution >= 0.6 is 24.0 Å². The Morgan fingerprint density at radius 3 is 2.65 bits per heavy atom. The largest absolute Gasteiger partial charge is 0.363 e. The van der Waals surface area contributed by atoms with Crippen LogP contribution in [0.3, 0.4) is 0 Å². The Morgan fingerprint density at radius 2 is 2.04 bits per heavy atom. The van der Waals surface area contributed by atoms with E-state index in [4.69, 9.17) is 4.52 Å². The molecule has 2 aromatic rings. The van der Waals surface area contributed by atoms with Crippen LogP contribution in [0, 0.1) is 0 Å².